The van der Waals surface area contributed by atoms with Gasteiger partial charge in [0, 0.05) is 73.0 Å². The highest BCUT2D eigenvalue weighted by Crippen LogP contribution is 2.50. The van der Waals surface area contributed by atoms with Gasteiger partial charge in [0.15, 0.2) is 5.82 Å². The van der Waals surface area contributed by atoms with Crippen LogP contribution in [-0.4, -0.2) is 76.2 Å². The number of piperidine rings is 1. The minimum atomic E-state index is -0.532. The molecule has 1 saturated carbocycles. The lowest BCUT2D eigenvalue weighted by atomic mass is 9.89. The molecule has 1 aromatic heterocycles. The molecular weight excluding hydrogens is 624 g/mol. The summed E-state index contributed by atoms with van der Waals surface area (Å²) >= 11 is 0. The summed E-state index contributed by atoms with van der Waals surface area (Å²) in [7, 11) is 0. The molecule has 0 spiro atoms. The zero-order valence-corrected chi connectivity index (χ0v) is 28.2. The summed E-state index contributed by atoms with van der Waals surface area (Å²) < 4.78 is 38.8. The van der Waals surface area contributed by atoms with Crippen molar-refractivity contribution in [2.75, 3.05) is 31.1 Å². The number of benzene rings is 3. The molecule has 4 unspecified atom stereocenters. The molecule has 4 aliphatic heterocycles. The first-order valence-electron chi connectivity index (χ1n) is 18.0. The van der Waals surface area contributed by atoms with Crippen molar-refractivity contribution in [3.63, 3.8) is 0 Å². The van der Waals surface area contributed by atoms with E-state index in [0.717, 1.165) is 58.2 Å². The molecule has 4 aromatic rings. The molecule has 0 radical (unpaired) electrons. The number of nitrogens with one attached hydrogen (secondary N) is 1. The first kappa shape index (κ1) is 31.1. The lowest BCUT2D eigenvalue weighted by Gasteiger charge is -2.36. The van der Waals surface area contributed by atoms with E-state index in [-0.39, 0.29) is 28.5 Å². The van der Waals surface area contributed by atoms with Crippen LogP contribution in [0.4, 0.5) is 14.6 Å². The van der Waals surface area contributed by atoms with Crippen LogP contribution in [0.25, 0.3) is 32.8 Å². The Kier molecular flexibility index (Phi) is 7.36. The molecule has 10 heteroatoms. The summed E-state index contributed by atoms with van der Waals surface area (Å²) in [5, 5.41) is 16.3. The Morgan fingerprint density at radius 1 is 1.02 bits per heavy atom. The number of nitrogens with zero attached hydrogens (tertiary/aromatic N) is 4. The average Bonchev–Trinajstić information content (AvgIpc) is 3.71. The van der Waals surface area contributed by atoms with Crippen LogP contribution in [0.15, 0.2) is 30.3 Å². The van der Waals surface area contributed by atoms with Crippen molar-refractivity contribution >= 4 is 33.3 Å². The van der Waals surface area contributed by atoms with E-state index in [2.05, 4.69) is 15.1 Å². The zero-order chi connectivity index (χ0) is 33.6. The number of phenols is 1. The number of anilines is 1. The number of piperazine rings is 1. The topological polar surface area (TPSA) is 90.8 Å². The van der Waals surface area contributed by atoms with Crippen molar-refractivity contribution in [2.45, 2.75) is 95.8 Å². The maximum Gasteiger partial charge on any atom is 0.319 e. The molecule has 256 valence electrons. The van der Waals surface area contributed by atoms with Gasteiger partial charge in [0.2, 0.25) is 0 Å². The van der Waals surface area contributed by atoms with E-state index < -0.39 is 5.82 Å². The first-order valence-corrected chi connectivity index (χ1v) is 18.0. The van der Waals surface area contributed by atoms with Crippen LogP contribution >= 0.6 is 0 Å². The molecule has 2 N–H and O–H groups in total. The highest BCUT2D eigenvalue weighted by atomic mass is 19.1. The molecule has 4 bridgehead atoms. The van der Waals surface area contributed by atoms with E-state index in [0.29, 0.717) is 100 Å². The minimum absolute atomic E-state index is 0.0139. The monoisotopic (exact) mass is 667 g/mol. The first-order chi connectivity index (χ1) is 23.7. The summed E-state index contributed by atoms with van der Waals surface area (Å²) in [6.45, 7) is 6.60. The Morgan fingerprint density at radius 2 is 1.76 bits per heavy atom. The van der Waals surface area contributed by atoms with Gasteiger partial charge < -0.3 is 20.1 Å². The predicted octanol–water partition coefficient (Wildman–Crippen LogP) is 6.60. The largest absolute Gasteiger partial charge is 0.508 e. The second kappa shape index (κ2) is 11.6. The molecule has 5 heterocycles. The number of fused-ring (bicyclic) bond motifs is 6. The minimum Gasteiger partial charge on any atom is -0.508 e. The number of phenolic OH excluding ortho intramolecular Hbond substituents is 1. The maximum absolute atomic E-state index is 17.2. The molecule has 49 heavy (non-hydrogen) atoms. The summed E-state index contributed by atoms with van der Waals surface area (Å²) in [5.74, 6) is 0.156. The van der Waals surface area contributed by atoms with E-state index in [4.69, 9.17) is 14.7 Å². The number of aromatic nitrogens is 2. The second-order valence-electron chi connectivity index (χ2n) is 15.4. The molecular formula is C39H43F2N5O3. The fourth-order valence-electron chi connectivity index (χ4n) is 9.42. The Labute approximate surface area is 284 Å². The number of rotatable bonds is 8. The Balaban J connectivity index is 1.13. The fraction of sp³-hybridized carbons (Fsp3) is 0.513. The van der Waals surface area contributed by atoms with Gasteiger partial charge in [-0.05, 0) is 104 Å². The van der Waals surface area contributed by atoms with Crippen molar-refractivity contribution < 1.29 is 23.4 Å². The maximum atomic E-state index is 17.2. The van der Waals surface area contributed by atoms with Gasteiger partial charge in [0.1, 0.15) is 28.7 Å². The quantitative estimate of drug-likeness (QED) is 0.217. The Hall–Kier alpha value is -3.89. The lowest BCUT2D eigenvalue weighted by Crippen LogP contribution is -2.51. The predicted molar refractivity (Wildman–Crippen MR) is 185 cm³/mol. The van der Waals surface area contributed by atoms with E-state index in [9.17, 15) is 9.90 Å². The van der Waals surface area contributed by atoms with Crippen molar-refractivity contribution in [1.82, 2.24) is 20.2 Å². The second-order valence-corrected chi connectivity index (χ2v) is 15.4. The van der Waals surface area contributed by atoms with E-state index >= 15 is 8.78 Å². The Bertz CT molecular complexity index is 1990. The van der Waals surface area contributed by atoms with Crippen LogP contribution < -0.4 is 15.0 Å². The standard InChI is InChI=1S/C39H43F2N5O3/c1-3-29-32(40)9-4-22-13-27(47)16-30(34(22)29)33-21(2)12-31-36(35(33)41)43-38(44-37(31)45-17-23-5-6-24(18-45)42-23)49-20-39(10-11-39)19-46-25-7-8-26(46)15-28(48)14-25/h4,9,12-13,16,23-26,42,47H,3,5-8,10-11,14-15,17-20H2,1-2H3. The third-order valence-corrected chi connectivity index (χ3v) is 12.1. The molecule has 0 amide bonds. The molecule has 4 saturated heterocycles. The van der Waals surface area contributed by atoms with E-state index in [1.807, 2.05) is 19.9 Å². The van der Waals surface area contributed by atoms with Crippen molar-refractivity contribution in [2.24, 2.45) is 5.41 Å². The van der Waals surface area contributed by atoms with Gasteiger partial charge in [0.05, 0.1) is 6.61 Å². The third-order valence-electron chi connectivity index (χ3n) is 12.1. The fourth-order valence-corrected chi connectivity index (χ4v) is 9.42. The summed E-state index contributed by atoms with van der Waals surface area (Å²) in [5.41, 5.74) is 2.01. The van der Waals surface area contributed by atoms with Gasteiger partial charge in [0.25, 0.3) is 0 Å². The molecule has 8 nitrogen and oxygen atoms in total. The number of ether oxygens (including phenoxy) is 1. The van der Waals surface area contributed by atoms with Crippen LogP contribution in [0.3, 0.4) is 0 Å². The number of hydrogen-bond acceptors (Lipinski definition) is 8. The van der Waals surface area contributed by atoms with Crippen molar-refractivity contribution in [1.29, 1.82) is 0 Å². The number of halogens is 2. The van der Waals surface area contributed by atoms with Crippen LogP contribution in [-0.2, 0) is 11.2 Å². The molecule has 9 rings (SSSR count). The number of aryl methyl sites for hydroxylation is 2. The Morgan fingerprint density at radius 3 is 2.45 bits per heavy atom. The van der Waals surface area contributed by atoms with Gasteiger partial charge in [-0.3, -0.25) is 9.69 Å². The summed E-state index contributed by atoms with van der Waals surface area (Å²) in [4.78, 5) is 26.8. The van der Waals surface area contributed by atoms with Crippen LogP contribution in [0.2, 0.25) is 0 Å². The highest BCUT2D eigenvalue weighted by Gasteiger charge is 2.50. The number of carbonyl (C=O) groups excluding carboxylic acids is 1. The van der Waals surface area contributed by atoms with Crippen LogP contribution in [0.5, 0.6) is 11.8 Å². The smallest absolute Gasteiger partial charge is 0.319 e. The van der Waals surface area contributed by atoms with Gasteiger partial charge >= 0.3 is 6.01 Å². The molecule has 4 atom stereocenters. The number of ketones is 1. The lowest BCUT2D eigenvalue weighted by molar-refractivity contribution is -0.124. The molecule has 1 aliphatic carbocycles. The summed E-state index contributed by atoms with van der Waals surface area (Å²) in [6.07, 6.45) is 8.16. The zero-order valence-electron chi connectivity index (χ0n) is 28.2. The number of aromatic hydroxyl groups is 1. The molecule has 3 aromatic carbocycles. The summed E-state index contributed by atoms with van der Waals surface area (Å²) in [6, 6.07) is 9.62. The van der Waals surface area contributed by atoms with Crippen LogP contribution in [0.1, 0.15) is 69.4 Å². The van der Waals surface area contributed by atoms with Crippen molar-refractivity contribution in [3.8, 4) is 22.9 Å². The van der Waals surface area contributed by atoms with Gasteiger partial charge in [-0.15, -0.1) is 0 Å². The highest BCUT2D eigenvalue weighted by molar-refractivity contribution is 6.04. The normalized spacial score (nSPS) is 25.9. The van der Waals surface area contributed by atoms with Gasteiger partial charge in [-0.25, -0.2) is 8.78 Å². The van der Waals surface area contributed by atoms with Crippen LogP contribution in [0, 0.1) is 24.0 Å². The van der Waals surface area contributed by atoms with Gasteiger partial charge in [-0.1, -0.05) is 13.0 Å². The molecule has 5 aliphatic rings. The third kappa shape index (κ3) is 5.33. The van der Waals surface area contributed by atoms with Crippen molar-refractivity contribution in [3.05, 3.63) is 53.1 Å². The van der Waals surface area contributed by atoms with E-state index in [1.165, 1.54) is 12.1 Å². The average molecular weight is 668 g/mol. The SMILES string of the molecule is CCc1c(F)ccc2cc(O)cc(-c3c(C)cc4c(N5CC6CCC(C5)N6)nc(OCC5(CN6C7CCC6CC(=O)C7)CC5)nc4c3F)c12. The number of hydrogen-bond donors (Lipinski definition) is 2. The number of Topliss-reactive ketones (excluding diaryl/α,β-unsaturated/α-hetero) is 1. The molecule has 5 fully saturated rings. The van der Waals surface area contributed by atoms with E-state index in [1.54, 1.807) is 12.1 Å². The van der Waals surface area contributed by atoms with Gasteiger partial charge in [-0.2, -0.15) is 9.97 Å². The number of carbonyl (C=O) groups is 1.